The lowest BCUT2D eigenvalue weighted by Gasteiger charge is -2.01. The third kappa shape index (κ3) is 3.07. The molecule has 2 nitrogen and oxygen atoms in total. The van der Waals surface area contributed by atoms with Crippen molar-refractivity contribution in [1.29, 1.82) is 0 Å². The lowest BCUT2D eigenvalue weighted by molar-refractivity contribution is 0.789. The number of nitrogens with zero attached hydrogens (tertiary/aromatic N) is 1. The molecule has 0 aromatic carbocycles. The van der Waals surface area contributed by atoms with E-state index in [4.69, 9.17) is 5.73 Å². The van der Waals surface area contributed by atoms with E-state index in [0.29, 0.717) is 5.92 Å². The average molecular weight is 138 g/mol. The van der Waals surface area contributed by atoms with Gasteiger partial charge in [-0.25, -0.2) is 4.99 Å². The van der Waals surface area contributed by atoms with E-state index in [0.717, 1.165) is 5.57 Å². The first-order valence-electron chi connectivity index (χ1n) is 3.28. The highest BCUT2D eigenvalue weighted by Crippen LogP contribution is 2.09. The van der Waals surface area contributed by atoms with Crippen LogP contribution in [0, 0.1) is 5.92 Å². The van der Waals surface area contributed by atoms with Gasteiger partial charge in [-0.1, -0.05) is 26.5 Å². The van der Waals surface area contributed by atoms with Gasteiger partial charge in [0, 0.05) is 6.20 Å². The molecule has 0 atom stereocenters. The molecule has 0 unspecified atom stereocenters. The highest BCUT2D eigenvalue weighted by molar-refractivity contribution is 5.52. The fraction of sp³-hybridized carbons (Fsp3) is 0.375. The van der Waals surface area contributed by atoms with Crippen LogP contribution < -0.4 is 5.73 Å². The standard InChI is InChI=1S/C8H14N2/c1-4-8(7(2)3)5-10-6-9/h4-7H,1H2,2-3H3,(H2,9,10)/b8-5+. The first kappa shape index (κ1) is 8.95. The summed E-state index contributed by atoms with van der Waals surface area (Å²) in [5.41, 5.74) is 6.16. The summed E-state index contributed by atoms with van der Waals surface area (Å²) in [4.78, 5) is 3.78. The van der Waals surface area contributed by atoms with Crippen LogP contribution in [0.15, 0.2) is 29.4 Å². The average Bonchev–Trinajstić information content (AvgIpc) is 1.89. The third-order valence-corrected chi connectivity index (χ3v) is 1.21. The zero-order valence-electron chi connectivity index (χ0n) is 6.54. The van der Waals surface area contributed by atoms with Crippen molar-refractivity contribution in [3.63, 3.8) is 0 Å². The van der Waals surface area contributed by atoms with Crippen LogP contribution >= 0.6 is 0 Å². The van der Waals surface area contributed by atoms with Crippen molar-refractivity contribution in [3.05, 3.63) is 24.4 Å². The van der Waals surface area contributed by atoms with Crippen LogP contribution in [-0.2, 0) is 0 Å². The molecule has 0 heterocycles. The first-order valence-corrected chi connectivity index (χ1v) is 3.28. The smallest absolute Gasteiger partial charge is 0.0852 e. The van der Waals surface area contributed by atoms with E-state index < -0.39 is 0 Å². The molecule has 0 spiro atoms. The SMILES string of the molecule is C=C/C(=C\N=CN)C(C)C. The molecule has 2 heteroatoms. The van der Waals surface area contributed by atoms with Crippen LogP contribution in [0.2, 0.25) is 0 Å². The van der Waals surface area contributed by atoms with Crippen molar-refractivity contribution in [2.75, 3.05) is 0 Å². The molecule has 0 aliphatic rings. The molecule has 10 heavy (non-hydrogen) atoms. The van der Waals surface area contributed by atoms with Crippen LogP contribution in [0.1, 0.15) is 13.8 Å². The van der Waals surface area contributed by atoms with Crippen LogP contribution in [-0.4, -0.2) is 6.34 Å². The first-order chi connectivity index (χ1) is 4.72. The van der Waals surface area contributed by atoms with E-state index in [1.807, 2.05) is 0 Å². The second-order valence-electron chi connectivity index (χ2n) is 2.29. The van der Waals surface area contributed by atoms with Gasteiger partial charge in [-0.3, -0.25) is 0 Å². The number of hydrogen-bond acceptors (Lipinski definition) is 1. The van der Waals surface area contributed by atoms with Gasteiger partial charge in [0.25, 0.3) is 0 Å². The molecular weight excluding hydrogens is 124 g/mol. The Bertz CT molecular complexity index is 155. The molecule has 0 aromatic heterocycles. The van der Waals surface area contributed by atoms with Crippen molar-refractivity contribution in [3.8, 4) is 0 Å². The van der Waals surface area contributed by atoms with E-state index in [9.17, 15) is 0 Å². The molecule has 2 N–H and O–H groups in total. The molecule has 0 saturated heterocycles. The summed E-state index contributed by atoms with van der Waals surface area (Å²) in [6.45, 7) is 7.82. The maximum atomic E-state index is 5.06. The number of aliphatic imine (C=N–C) groups is 1. The minimum atomic E-state index is 0.459. The fourth-order valence-electron chi connectivity index (χ4n) is 0.567. The van der Waals surface area contributed by atoms with Crippen molar-refractivity contribution in [1.82, 2.24) is 0 Å². The molecule has 0 rings (SSSR count). The predicted octanol–water partition coefficient (Wildman–Crippen LogP) is 1.70. The largest absolute Gasteiger partial charge is 0.390 e. The number of nitrogens with two attached hydrogens (primary N) is 1. The molecule has 0 fully saturated rings. The summed E-state index contributed by atoms with van der Waals surface area (Å²) >= 11 is 0. The summed E-state index contributed by atoms with van der Waals surface area (Å²) < 4.78 is 0. The van der Waals surface area contributed by atoms with Gasteiger partial charge < -0.3 is 5.73 Å². The van der Waals surface area contributed by atoms with Gasteiger partial charge in [0.2, 0.25) is 0 Å². The number of hydrogen-bond donors (Lipinski definition) is 1. The molecule has 0 bridgehead atoms. The molecule has 0 aliphatic carbocycles. The summed E-state index contributed by atoms with van der Waals surface area (Å²) in [6.07, 6.45) is 4.78. The Morgan fingerprint density at radius 2 is 2.20 bits per heavy atom. The maximum Gasteiger partial charge on any atom is 0.0852 e. The maximum absolute atomic E-state index is 5.06. The Kier molecular flexibility index (Phi) is 4.29. The molecule has 0 saturated carbocycles. The minimum Gasteiger partial charge on any atom is -0.390 e. The van der Waals surface area contributed by atoms with Gasteiger partial charge >= 0.3 is 0 Å². The Labute approximate surface area is 62.1 Å². The van der Waals surface area contributed by atoms with E-state index in [1.165, 1.54) is 6.34 Å². The zero-order chi connectivity index (χ0) is 7.98. The van der Waals surface area contributed by atoms with Gasteiger partial charge in [0.05, 0.1) is 6.34 Å². The third-order valence-electron chi connectivity index (χ3n) is 1.21. The minimum absolute atomic E-state index is 0.459. The Hall–Kier alpha value is -1.05. The van der Waals surface area contributed by atoms with E-state index in [2.05, 4.69) is 25.4 Å². The molecule has 0 aromatic rings. The van der Waals surface area contributed by atoms with E-state index >= 15 is 0 Å². The van der Waals surface area contributed by atoms with Crippen molar-refractivity contribution >= 4 is 6.34 Å². The highest BCUT2D eigenvalue weighted by Gasteiger charge is 1.95. The number of allylic oxidation sites excluding steroid dienone is 2. The van der Waals surface area contributed by atoms with Gasteiger partial charge in [0.1, 0.15) is 0 Å². The number of rotatable bonds is 3. The lowest BCUT2D eigenvalue weighted by Crippen LogP contribution is -1.91. The van der Waals surface area contributed by atoms with Crippen LogP contribution in [0.3, 0.4) is 0 Å². The van der Waals surface area contributed by atoms with Gasteiger partial charge in [-0.2, -0.15) is 0 Å². The van der Waals surface area contributed by atoms with Crippen molar-refractivity contribution < 1.29 is 0 Å². The van der Waals surface area contributed by atoms with Gasteiger partial charge in [0.15, 0.2) is 0 Å². The summed E-state index contributed by atoms with van der Waals surface area (Å²) in [5, 5.41) is 0. The van der Waals surface area contributed by atoms with E-state index in [1.54, 1.807) is 12.3 Å². The molecular formula is C8H14N2. The molecule has 0 aliphatic heterocycles. The van der Waals surface area contributed by atoms with Crippen LogP contribution in [0.4, 0.5) is 0 Å². The second-order valence-corrected chi connectivity index (χ2v) is 2.29. The molecule has 56 valence electrons. The fourth-order valence-corrected chi connectivity index (χ4v) is 0.567. The highest BCUT2D eigenvalue weighted by atomic mass is 14.8. The lowest BCUT2D eigenvalue weighted by atomic mass is 10.1. The Morgan fingerprint density at radius 3 is 2.50 bits per heavy atom. The summed E-state index contributed by atoms with van der Waals surface area (Å²) in [7, 11) is 0. The van der Waals surface area contributed by atoms with Gasteiger partial charge in [-0.05, 0) is 11.5 Å². The predicted molar refractivity (Wildman–Crippen MR) is 45.8 cm³/mol. The second kappa shape index (κ2) is 4.79. The van der Waals surface area contributed by atoms with Crippen LogP contribution in [0.5, 0.6) is 0 Å². The van der Waals surface area contributed by atoms with E-state index in [-0.39, 0.29) is 0 Å². The monoisotopic (exact) mass is 138 g/mol. The topological polar surface area (TPSA) is 38.4 Å². The normalized spacial score (nSPS) is 12.9. The zero-order valence-corrected chi connectivity index (χ0v) is 6.54. The Morgan fingerprint density at radius 1 is 1.60 bits per heavy atom. The van der Waals surface area contributed by atoms with Gasteiger partial charge in [-0.15, -0.1) is 0 Å². The summed E-state index contributed by atoms with van der Waals surface area (Å²) in [6, 6.07) is 0. The Balaban J connectivity index is 4.18. The summed E-state index contributed by atoms with van der Waals surface area (Å²) in [5.74, 6) is 0.459. The molecule has 0 amide bonds. The quantitative estimate of drug-likeness (QED) is 0.360. The van der Waals surface area contributed by atoms with Crippen LogP contribution in [0.25, 0.3) is 0 Å². The van der Waals surface area contributed by atoms with Crippen molar-refractivity contribution in [2.45, 2.75) is 13.8 Å². The molecule has 0 radical (unpaired) electrons. The van der Waals surface area contributed by atoms with Crippen molar-refractivity contribution in [2.24, 2.45) is 16.6 Å².